The van der Waals surface area contributed by atoms with E-state index >= 15 is 0 Å². The lowest BCUT2D eigenvalue weighted by Crippen LogP contribution is -2.14. The predicted molar refractivity (Wildman–Crippen MR) is 101 cm³/mol. The molecule has 0 unspecified atom stereocenters. The van der Waals surface area contributed by atoms with E-state index in [0.29, 0.717) is 16.4 Å². The van der Waals surface area contributed by atoms with E-state index in [0.717, 1.165) is 42.6 Å². The average Bonchev–Trinajstić information content (AvgIpc) is 3.10. The second kappa shape index (κ2) is 6.96. The fourth-order valence-corrected chi connectivity index (χ4v) is 3.56. The van der Waals surface area contributed by atoms with Crippen LogP contribution < -0.4 is 5.32 Å². The first-order valence-electron chi connectivity index (χ1n) is 8.78. The Hall–Kier alpha value is -2.60. The molecule has 0 aliphatic heterocycles. The SMILES string of the molecule is Cn1cc(NC(=O)c2nn(-c3ccc(Cl)cc3)c3c2CCCCC3)cn1. The second-order valence-corrected chi connectivity index (χ2v) is 7.02. The molecule has 6 nitrogen and oxygen atoms in total. The Kier molecular flexibility index (Phi) is 4.51. The van der Waals surface area contributed by atoms with Gasteiger partial charge < -0.3 is 5.32 Å². The standard InChI is InChI=1S/C19H20ClN5O/c1-24-12-14(11-21-24)22-19(26)18-16-5-3-2-4-6-17(16)25(23-18)15-9-7-13(20)8-10-15/h7-12H,2-6H2,1H3,(H,22,26). The fourth-order valence-electron chi connectivity index (χ4n) is 3.43. The molecule has 0 fully saturated rings. The minimum atomic E-state index is -0.191. The molecule has 2 heterocycles. The zero-order valence-corrected chi connectivity index (χ0v) is 15.3. The third-order valence-corrected chi connectivity index (χ3v) is 4.93. The summed E-state index contributed by atoms with van der Waals surface area (Å²) in [4.78, 5) is 12.9. The molecule has 2 aromatic heterocycles. The number of anilines is 1. The summed E-state index contributed by atoms with van der Waals surface area (Å²) >= 11 is 6.01. The van der Waals surface area contributed by atoms with Crippen molar-refractivity contribution in [1.29, 1.82) is 0 Å². The van der Waals surface area contributed by atoms with Gasteiger partial charge in [0.2, 0.25) is 0 Å². The van der Waals surface area contributed by atoms with Gasteiger partial charge in [0, 0.05) is 29.5 Å². The molecule has 1 amide bonds. The molecule has 0 atom stereocenters. The summed E-state index contributed by atoms with van der Waals surface area (Å²) in [7, 11) is 1.82. The number of nitrogens with zero attached hydrogens (tertiary/aromatic N) is 4. The molecule has 0 saturated carbocycles. The maximum Gasteiger partial charge on any atom is 0.276 e. The number of carbonyl (C=O) groups excluding carboxylic acids is 1. The van der Waals surface area contributed by atoms with Gasteiger partial charge in [0.25, 0.3) is 5.91 Å². The van der Waals surface area contributed by atoms with Crippen LogP contribution in [0.5, 0.6) is 0 Å². The lowest BCUT2D eigenvalue weighted by Gasteiger charge is -2.07. The van der Waals surface area contributed by atoms with Crippen LogP contribution >= 0.6 is 11.6 Å². The van der Waals surface area contributed by atoms with Crippen LogP contribution in [-0.2, 0) is 19.9 Å². The normalized spacial score (nSPS) is 13.9. The molecule has 1 aliphatic rings. The van der Waals surface area contributed by atoms with Crippen molar-refractivity contribution in [2.24, 2.45) is 7.05 Å². The van der Waals surface area contributed by atoms with Gasteiger partial charge in [0.15, 0.2) is 5.69 Å². The molecule has 4 rings (SSSR count). The Balaban J connectivity index is 1.74. The van der Waals surface area contributed by atoms with Crippen molar-refractivity contribution in [2.45, 2.75) is 32.1 Å². The highest BCUT2D eigenvalue weighted by Crippen LogP contribution is 2.27. The van der Waals surface area contributed by atoms with Gasteiger partial charge in [0.05, 0.1) is 17.6 Å². The van der Waals surface area contributed by atoms with Crippen LogP contribution in [-0.4, -0.2) is 25.5 Å². The Bertz CT molecular complexity index is 941. The number of benzene rings is 1. The molecular weight excluding hydrogens is 350 g/mol. The first kappa shape index (κ1) is 16.8. The number of aryl methyl sites for hydroxylation is 1. The van der Waals surface area contributed by atoms with Crippen molar-refractivity contribution in [1.82, 2.24) is 19.6 Å². The maximum atomic E-state index is 12.9. The maximum absolute atomic E-state index is 12.9. The van der Waals surface area contributed by atoms with Gasteiger partial charge in [-0.2, -0.15) is 10.2 Å². The highest BCUT2D eigenvalue weighted by molar-refractivity contribution is 6.30. The molecule has 1 aromatic carbocycles. The van der Waals surface area contributed by atoms with E-state index in [2.05, 4.69) is 15.5 Å². The van der Waals surface area contributed by atoms with Crippen LogP contribution in [0, 0.1) is 0 Å². The molecule has 26 heavy (non-hydrogen) atoms. The molecule has 1 N–H and O–H groups in total. The molecule has 0 saturated heterocycles. The highest BCUT2D eigenvalue weighted by Gasteiger charge is 2.25. The number of rotatable bonds is 3. The van der Waals surface area contributed by atoms with Crippen molar-refractivity contribution in [2.75, 3.05) is 5.32 Å². The summed E-state index contributed by atoms with van der Waals surface area (Å²) in [5, 5.41) is 12.3. The van der Waals surface area contributed by atoms with E-state index in [-0.39, 0.29) is 5.91 Å². The van der Waals surface area contributed by atoms with E-state index in [4.69, 9.17) is 11.6 Å². The molecule has 0 spiro atoms. The van der Waals surface area contributed by atoms with Gasteiger partial charge in [-0.15, -0.1) is 0 Å². The van der Waals surface area contributed by atoms with Gasteiger partial charge >= 0.3 is 0 Å². The topological polar surface area (TPSA) is 64.7 Å². The largest absolute Gasteiger partial charge is 0.318 e. The number of carbonyl (C=O) groups is 1. The molecule has 7 heteroatoms. The number of hydrogen-bond acceptors (Lipinski definition) is 3. The Morgan fingerprint density at radius 2 is 1.92 bits per heavy atom. The van der Waals surface area contributed by atoms with Crippen molar-refractivity contribution < 1.29 is 4.79 Å². The van der Waals surface area contributed by atoms with E-state index in [1.807, 2.05) is 36.0 Å². The quantitative estimate of drug-likeness (QED) is 0.714. The first-order chi connectivity index (χ1) is 12.6. The van der Waals surface area contributed by atoms with E-state index in [1.54, 1.807) is 17.1 Å². The molecule has 0 bridgehead atoms. The number of fused-ring (bicyclic) bond motifs is 1. The Labute approximate surface area is 156 Å². The lowest BCUT2D eigenvalue weighted by molar-refractivity contribution is 0.102. The smallest absolute Gasteiger partial charge is 0.276 e. The van der Waals surface area contributed by atoms with Crippen molar-refractivity contribution >= 4 is 23.2 Å². The summed E-state index contributed by atoms with van der Waals surface area (Å²) in [5.41, 5.74) is 4.27. The summed E-state index contributed by atoms with van der Waals surface area (Å²) in [6, 6.07) is 7.56. The number of aromatic nitrogens is 4. The van der Waals surface area contributed by atoms with Crippen LogP contribution in [0.15, 0.2) is 36.7 Å². The van der Waals surface area contributed by atoms with Crippen LogP contribution in [0.4, 0.5) is 5.69 Å². The Morgan fingerprint density at radius 3 is 2.65 bits per heavy atom. The number of halogens is 1. The van der Waals surface area contributed by atoms with Crippen molar-refractivity contribution in [3.05, 3.63) is 58.6 Å². The summed E-state index contributed by atoms with van der Waals surface area (Å²) in [6.45, 7) is 0. The van der Waals surface area contributed by atoms with Crippen molar-refractivity contribution in [3.63, 3.8) is 0 Å². The molecule has 134 valence electrons. The third-order valence-electron chi connectivity index (χ3n) is 4.68. The summed E-state index contributed by atoms with van der Waals surface area (Å²) < 4.78 is 3.55. The molecule has 1 aliphatic carbocycles. The zero-order valence-electron chi connectivity index (χ0n) is 14.6. The lowest BCUT2D eigenvalue weighted by atomic mass is 10.1. The van der Waals surface area contributed by atoms with Crippen LogP contribution in [0.3, 0.4) is 0 Å². The number of amides is 1. The zero-order chi connectivity index (χ0) is 18.1. The monoisotopic (exact) mass is 369 g/mol. The van der Waals surface area contributed by atoms with Crippen LogP contribution in [0.25, 0.3) is 5.69 Å². The van der Waals surface area contributed by atoms with Gasteiger partial charge in [0.1, 0.15) is 0 Å². The second-order valence-electron chi connectivity index (χ2n) is 6.58. The third kappa shape index (κ3) is 3.24. The minimum Gasteiger partial charge on any atom is -0.318 e. The highest BCUT2D eigenvalue weighted by atomic mass is 35.5. The van der Waals surface area contributed by atoms with E-state index in [9.17, 15) is 4.79 Å². The van der Waals surface area contributed by atoms with Gasteiger partial charge in [-0.05, 0) is 49.9 Å². The first-order valence-corrected chi connectivity index (χ1v) is 9.16. The molecule has 0 radical (unpaired) electrons. The summed E-state index contributed by atoms with van der Waals surface area (Å²) in [5.74, 6) is -0.191. The summed E-state index contributed by atoms with van der Waals surface area (Å²) in [6.07, 6.45) is 8.55. The fraction of sp³-hybridized carbons (Fsp3) is 0.316. The Morgan fingerprint density at radius 1 is 1.15 bits per heavy atom. The number of nitrogens with one attached hydrogen (secondary N) is 1. The van der Waals surface area contributed by atoms with Crippen molar-refractivity contribution in [3.8, 4) is 5.69 Å². The minimum absolute atomic E-state index is 0.191. The van der Waals surface area contributed by atoms with Crippen LogP contribution in [0.1, 0.15) is 41.0 Å². The van der Waals surface area contributed by atoms with Gasteiger partial charge in [-0.3, -0.25) is 9.48 Å². The molecular formula is C19H20ClN5O. The van der Waals surface area contributed by atoms with E-state index in [1.165, 1.54) is 6.42 Å². The molecule has 3 aromatic rings. The van der Waals surface area contributed by atoms with Gasteiger partial charge in [-0.25, -0.2) is 4.68 Å². The number of hydrogen-bond donors (Lipinski definition) is 1. The van der Waals surface area contributed by atoms with Crippen LogP contribution in [0.2, 0.25) is 5.02 Å². The average molecular weight is 370 g/mol. The van der Waals surface area contributed by atoms with Gasteiger partial charge in [-0.1, -0.05) is 18.0 Å². The van der Waals surface area contributed by atoms with E-state index < -0.39 is 0 Å². The predicted octanol–water partition coefficient (Wildman–Crippen LogP) is 3.78.